The molecule has 1 aromatic carbocycles. The van der Waals surface area contributed by atoms with E-state index in [2.05, 4.69) is 10.00 Å². The molecule has 2 aromatic heterocycles. The fourth-order valence-electron chi connectivity index (χ4n) is 3.12. The Morgan fingerprint density at radius 2 is 2.25 bits per heavy atom. The lowest BCUT2D eigenvalue weighted by molar-refractivity contribution is -0.119. The Hall–Kier alpha value is -2.67. The fraction of sp³-hybridized carbons (Fsp3) is 0.235. The van der Waals surface area contributed by atoms with Gasteiger partial charge in [-0.1, -0.05) is 18.2 Å². The average Bonchev–Trinajstić information content (AvgIpc) is 3.27. The Labute approximate surface area is 143 Å². The first kappa shape index (κ1) is 14.9. The number of carbonyl (C=O) groups excluding carboxylic acids is 1. The van der Waals surface area contributed by atoms with Crippen LogP contribution in [0.5, 0.6) is 0 Å². The molecule has 0 spiro atoms. The van der Waals surface area contributed by atoms with E-state index in [0.717, 1.165) is 27.5 Å². The zero-order valence-corrected chi connectivity index (χ0v) is 14.0. The van der Waals surface area contributed by atoms with E-state index in [1.54, 1.807) is 22.2 Å². The van der Waals surface area contributed by atoms with Crippen molar-refractivity contribution in [3.05, 3.63) is 53.3 Å². The lowest BCUT2D eigenvalue weighted by Crippen LogP contribution is -2.42. The molecule has 24 heavy (non-hydrogen) atoms. The minimum atomic E-state index is -0.314. The third-order valence-electron chi connectivity index (χ3n) is 4.25. The molecule has 0 aliphatic carbocycles. The van der Waals surface area contributed by atoms with Crippen LogP contribution in [0, 0.1) is 0 Å². The van der Waals surface area contributed by atoms with Gasteiger partial charge < -0.3 is 10.6 Å². The van der Waals surface area contributed by atoms with E-state index in [-0.39, 0.29) is 11.9 Å². The molecule has 3 heterocycles. The van der Waals surface area contributed by atoms with Crippen molar-refractivity contribution in [1.29, 1.82) is 0 Å². The molecule has 1 aliphatic heterocycles. The predicted octanol–water partition coefficient (Wildman–Crippen LogP) is 1.96. The van der Waals surface area contributed by atoms with Crippen LogP contribution >= 0.6 is 11.3 Å². The number of carbonyl (C=O) groups is 1. The zero-order chi connectivity index (χ0) is 16.7. The summed E-state index contributed by atoms with van der Waals surface area (Å²) >= 11 is 1.58. The molecule has 6 nitrogen and oxygen atoms in total. The Kier molecular flexibility index (Phi) is 3.57. The van der Waals surface area contributed by atoms with Crippen LogP contribution in [0.25, 0.3) is 10.6 Å². The van der Waals surface area contributed by atoms with E-state index in [1.807, 2.05) is 42.9 Å². The van der Waals surface area contributed by atoms with E-state index in [9.17, 15) is 4.79 Å². The first-order valence-corrected chi connectivity index (χ1v) is 8.57. The number of hydrogen-bond acceptors (Lipinski definition) is 5. The van der Waals surface area contributed by atoms with Gasteiger partial charge in [0.2, 0.25) is 5.91 Å². The van der Waals surface area contributed by atoms with Gasteiger partial charge in [-0.2, -0.15) is 5.10 Å². The van der Waals surface area contributed by atoms with Crippen molar-refractivity contribution in [2.75, 3.05) is 4.90 Å². The molecule has 7 heteroatoms. The third kappa shape index (κ3) is 2.56. The van der Waals surface area contributed by atoms with Crippen LogP contribution in [0.2, 0.25) is 0 Å². The van der Waals surface area contributed by atoms with Gasteiger partial charge in [-0.05, 0) is 11.6 Å². The summed E-state index contributed by atoms with van der Waals surface area (Å²) < 4.78 is 1.76. The van der Waals surface area contributed by atoms with Crippen LogP contribution < -0.4 is 10.6 Å². The normalized spacial score (nSPS) is 16.4. The zero-order valence-electron chi connectivity index (χ0n) is 13.2. The molecule has 0 fully saturated rings. The van der Waals surface area contributed by atoms with Gasteiger partial charge in [-0.15, -0.1) is 11.3 Å². The SMILES string of the molecule is Cn1cc(-c2nc(CN3c4ccccc4C[C@H]3C(N)=O)cs2)cn1. The molecule has 1 amide bonds. The lowest BCUT2D eigenvalue weighted by Gasteiger charge is -2.24. The quantitative estimate of drug-likeness (QED) is 0.788. The molecule has 3 aromatic rings. The Morgan fingerprint density at radius 1 is 1.42 bits per heavy atom. The number of aromatic nitrogens is 3. The third-order valence-corrected chi connectivity index (χ3v) is 5.20. The van der Waals surface area contributed by atoms with Gasteiger partial charge in [0.05, 0.1) is 18.4 Å². The summed E-state index contributed by atoms with van der Waals surface area (Å²) in [4.78, 5) is 18.6. The van der Waals surface area contributed by atoms with Crippen LogP contribution in [0.3, 0.4) is 0 Å². The van der Waals surface area contributed by atoms with Crippen molar-refractivity contribution in [2.24, 2.45) is 12.8 Å². The predicted molar refractivity (Wildman–Crippen MR) is 93.6 cm³/mol. The number of fused-ring (bicyclic) bond motifs is 1. The smallest absolute Gasteiger partial charge is 0.240 e. The van der Waals surface area contributed by atoms with E-state index in [1.165, 1.54) is 0 Å². The number of anilines is 1. The van der Waals surface area contributed by atoms with Crippen LogP contribution in [0.15, 0.2) is 42.0 Å². The number of rotatable bonds is 4. The van der Waals surface area contributed by atoms with E-state index in [0.29, 0.717) is 13.0 Å². The number of para-hydroxylation sites is 1. The molecule has 1 atom stereocenters. The minimum Gasteiger partial charge on any atom is -0.368 e. The first-order chi connectivity index (χ1) is 11.6. The molecular weight excluding hydrogens is 322 g/mol. The van der Waals surface area contributed by atoms with Gasteiger partial charge in [-0.3, -0.25) is 9.48 Å². The van der Waals surface area contributed by atoms with Gasteiger partial charge in [0.15, 0.2) is 0 Å². The standard InChI is InChI=1S/C17H17N5OS/c1-21-8-12(7-19-21)17-20-13(10-24-17)9-22-14-5-3-2-4-11(14)6-15(22)16(18)23/h2-5,7-8,10,15H,6,9H2,1H3,(H2,18,23)/t15-/m0/s1. The number of hydrogen-bond donors (Lipinski definition) is 1. The van der Waals surface area contributed by atoms with Gasteiger partial charge in [0, 0.05) is 36.3 Å². The van der Waals surface area contributed by atoms with Crippen LogP contribution in [-0.2, 0) is 24.8 Å². The maximum Gasteiger partial charge on any atom is 0.240 e. The highest BCUT2D eigenvalue weighted by Crippen LogP contribution is 2.34. The Morgan fingerprint density at radius 3 is 3.00 bits per heavy atom. The monoisotopic (exact) mass is 339 g/mol. The highest BCUT2D eigenvalue weighted by atomic mass is 32.1. The van der Waals surface area contributed by atoms with Crippen molar-refractivity contribution < 1.29 is 4.79 Å². The fourth-order valence-corrected chi connectivity index (χ4v) is 3.90. The number of primary amides is 1. The number of amides is 1. The van der Waals surface area contributed by atoms with Crippen LogP contribution in [-0.4, -0.2) is 26.7 Å². The maximum atomic E-state index is 11.9. The van der Waals surface area contributed by atoms with Crippen molar-refractivity contribution in [1.82, 2.24) is 14.8 Å². The molecule has 4 rings (SSSR count). The summed E-state index contributed by atoms with van der Waals surface area (Å²) in [6, 6.07) is 7.74. The summed E-state index contributed by atoms with van der Waals surface area (Å²) in [7, 11) is 1.89. The van der Waals surface area contributed by atoms with Gasteiger partial charge in [0.1, 0.15) is 11.0 Å². The van der Waals surface area contributed by atoms with Crippen molar-refractivity contribution in [2.45, 2.75) is 19.0 Å². The van der Waals surface area contributed by atoms with Gasteiger partial charge >= 0.3 is 0 Å². The highest BCUT2D eigenvalue weighted by Gasteiger charge is 2.33. The van der Waals surface area contributed by atoms with E-state index < -0.39 is 0 Å². The number of thiazole rings is 1. The van der Waals surface area contributed by atoms with Crippen molar-refractivity contribution >= 4 is 22.9 Å². The average molecular weight is 339 g/mol. The Balaban J connectivity index is 1.62. The summed E-state index contributed by atoms with van der Waals surface area (Å²) in [5, 5.41) is 7.14. The van der Waals surface area contributed by atoms with Crippen LogP contribution in [0.4, 0.5) is 5.69 Å². The summed E-state index contributed by atoms with van der Waals surface area (Å²) in [5.74, 6) is -0.297. The number of benzene rings is 1. The second kappa shape index (κ2) is 5.76. The largest absolute Gasteiger partial charge is 0.368 e. The molecule has 2 N–H and O–H groups in total. The highest BCUT2D eigenvalue weighted by molar-refractivity contribution is 7.13. The first-order valence-electron chi connectivity index (χ1n) is 7.69. The molecule has 0 bridgehead atoms. The molecule has 1 aliphatic rings. The molecular formula is C17H17N5OS. The lowest BCUT2D eigenvalue weighted by atomic mass is 10.1. The summed E-state index contributed by atoms with van der Waals surface area (Å²) in [6.45, 7) is 0.571. The summed E-state index contributed by atoms with van der Waals surface area (Å²) in [5.41, 5.74) is 9.77. The Bertz CT molecular complexity index is 900. The molecule has 0 saturated carbocycles. The molecule has 0 saturated heterocycles. The second-order valence-electron chi connectivity index (χ2n) is 5.93. The minimum absolute atomic E-state index is 0.297. The van der Waals surface area contributed by atoms with E-state index >= 15 is 0 Å². The summed E-state index contributed by atoms with van der Waals surface area (Å²) in [6.07, 6.45) is 4.41. The number of nitrogens with zero attached hydrogens (tertiary/aromatic N) is 4. The maximum absolute atomic E-state index is 11.9. The molecule has 122 valence electrons. The molecule has 0 unspecified atom stereocenters. The second-order valence-corrected chi connectivity index (χ2v) is 6.78. The van der Waals surface area contributed by atoms with E-state index in [4.69, 9.17) is 10.7 Å². The van der Waals surface area contributed by atoms with Crippen LogP contribution in [0.1, 0.15) is 11.3 Å². The van der Waals surface area contributed by atoms with Gasteiger partial charge in [-0.25, -0.2) is 4.98 Å². The van der Waals surface area contributed by atoms with Crippen molar-refractivity contribution in [3.63, 3.8) is 0 Å². The topological polar surface area (TPSA) is 77.0 Å². The van der Waals surface area contributed by atoms with Crippen molar-refractivity contribution in [3.8, 4) is 10.6 Å². The number of nitrogens with two attached hydrogens (primary N) is 1. The molecule has 0 radical (unpaired) electrons. The number of aryl methyl sites for hydroxylation is 1. The van der Waals surface area contributed by atoms with Gasteiger partial charge in [0.25, 0.3) is 0 Å².